The van der Waals surface area contributed by atoms with Crippen LogP contribution in [0.25, 0.3) is 11.0 Å². The number of ether oxygens (including phenoxy) is 2. The maximum Gasteiger partial charge on any atom is 0.335 e. The van der Waals surface area contributed by atoms with Crippen LogP contribution in [0, 0.1) is 0 Å². The number of hydrazone groups is 1. The molecule has 0 aliphatic carbocycles. The predicted molar refractivity (Wildman–Crippen MR) is 127 cm³/mol. The average molecular weight is 458 g/mol. The largest absolute Gasteiger partial charge is 0.494 e. The highest BCUT2D eigenvalue weighted by Gasteiger charge is 2.12. The second kappa shape index (κ2) is 10.4. The Balaban J connectivity index is 1.39. The van der Waals surface area contributed by atoms with E-state index in [1.165, 1.54) is 18.3 Å². The van der Waals surface area contributed by atoms with Gasteiger partial charge in [0.05, 0.1) is 18.4 Å². The van der Waals surface area contributed by atoms with Gasteiger partial charge in [0.2, 0.25) is 0 Å². The SMILES string of the molecule is CCOc1ccc2oc(C(=O)N/N=C/c3ccccc3OCc3ccc(C(=O)O)cc3)cc2c1. The van der Waals surface area contributed by atoms with Gasteiger partial charge < -0.3 is 19.0 Å². The van der Waals surface area contributed by atoms with E-state index in [4.69, 9.17) is 19.0 Å². The third-order valence-electron chi connectivity index (χ3n) is 4.91. The van der Waals surface area contributed by atoms with Gasteiger partial charge in [0.25, 0.3) is 0 Å². The Morgan fingerprint density at radius 2 is 1.82 bits per heavy atom. The first-order valence-electron chi connectivity index (χ1n) is 10.6. The summed E-state index contributed by atoms with van der Waals surface area (Å²) in [6, 6.07) is 20.7. The van der Waals surface area contributed by atoms with Gasteiger partial charge in [-0.3, -0.25) is 4.79 Å². The van der Waals surface area contributed by atoms with Gasteiger partial charge in [0.1, 0.15) is 23.7 Å². The van der Waals surface area contributed by atoms with Crippen molar-refractivity contribution < 1.29 is 28.6 Å². The molecule has 3 aromatic carbocycles. The third-order valence-corrected chi connectivity index (χ3v) is 4.91. The summed E-state index contributed by atoms with van der Waals surface area (Å²) in [5, 5.41) is 13.8. The van der Waals surface area contributed by atoms with Crippen LogP contribution in [0.4, 0.5) is 0 Å². The number of carboxylic acids is 1. The first-order valence-corrected chi connectivity index (χ1v) is 10.6. The van der Waals surface area contributed by atoms with E-state index < -0.39 is 11.9 Å². The van der Waals surface area contributed by atoms with Gasteiger partial charge in [-0.1, -0.05) is 24.3 Å². The van der Waals surface area contributed by atoms with Crippen molar-refractivity contribution in [1.82, 2.24) is 5.43 Å². The number of carboxylic acid groups (broad SMARTS) is 1. The molecule has 0 bridgehead atoms. The van der Waals surface area contributed by atoms with Crippen molar-refractivity contribution in [2.75, 3.05) is 6.61 Å². The number of hydrogen-bond donors (Lipinski definition) is 2. The summed E-state index contributed by atoms with van der Waals surface area (Å²) in [5.41, 5.74) is 4.74. The molecule has 0 radical (unpaired) electrons. The number of hydrogen-bond acceptors (Lipinski definition) is 6. The number of rotatable bonds is 9. The minimum Gasteiger partial charge on any atom is -0.494 e. The van der Waals surface area contributed by atoms with E-state index >= 15 is 0 Å². The zero-order valence-corrected chi connectivity index (χ0v) is 18.4. The Morgan fingerprint density at radius 1 is 1.03 bits per heavy atom. The zero-order valence-electron chi connectivity index (χ0n) is 18.4. The van der Waals surface area contributed by atoms with Crippen LogP contribution < -0.4 is 14.9 Å². The van der Waals surface area contributed by atoms with Gasteiger partial charge in [-0.05, 0) is 61.0 Å². The number of nitrogens with one attached hydrogen (secondary N) is 1. The lowest BCUT2D eigenvalue weighted by Crippen LogP contribution is -2.16. The van der Waals surface area contributed by atoms with E-state index in [0.717, 1.165) is 10.9 Å². The monoisotopic (exact) mass is 458 g/mol. The normalized spacial score (nSPS) is 11.0. The molecule has 0 spiro atoms. The summed E-state index contributed by atoms with van der Waals surface area (Å²) in [6.45, 7) is 2.70. The van der Waals surface area contributed by atoms with Crippen LogP contribution in [0.15, 0.2) is 82.3 Å². The number of para-hydroxylation sites is 1. The van der Waals surface area contributed by atoms with Gasteiger partial charge in [-0.2, -0.15) is 5.10 Å². The number of fused-ring (bicyclic) bond motifs is 1. The van der Waals surface area contributed by atoms with Crippen molar-refractivity contribution in [3.63, 3.8) is 0 Å². The van der Waals surface area contributed by atoms with E-state index in [9.17, 15) is 9.59 Å². The van der Waals surface area contributed by atoms with Crippen molar-refractivity contribution >= 4 is 29.1 Å². The summed E-state index contributed by atoms with van der Waals surface area (Å²) < 4.78 is 16.9. The van der Waals surface area contributed by atoms with Crippen LogP contribution in [0.3, 0.4) is 0 Å². The summed E-state index contributed by atoms with van der Waals surface area (Å²) in [4.78, 5) is 23.4. The van der Waals surface area contributed by atoms with Crippen molar-refractivity contribution in [2.24, 2.45) is 5.10 Å². The van der Waals surface area contributed by atoms with Gasteiger partial charge in [-0.25, -0.2) is 10.2 Å². The Labute approximate surface area is 195 Å². The number of carbonyl (C=O) groups excluding carboxylic acids is 1. The molecule has 1 amide bonds. The number of amides is 1. The van der Waals surface area contributed by atoms with Gasteiger partial charge >= 0.3 is 11.9 Å². The Kier molecular flexibility index (Phi) is 6.88. The fourth-order valence-electron chi connectivity index (χ4n) is 3.23. The minimum absolute atomic E-state index is 0.134. The predicted octanol–water partition coefficient (Wildman–Crippen LogP) is 4.87. The molecule has 4 aromatic rings. The number of carbonyl (C=O) groups is 2. The van der Waals surface area contributed by atoms with Crippen molar-refractivity contribution in [3.05, 3.63) is 95.2 Å². The highest BCUT2D eigenvalue weighted by atomic mass is 16.5. The number of furan rings is 1. The molecule has 0 aliphatic rings. The fourth-order valence-corrected chi connectivity index (χ4v) is 3.23. The van der Waals surface area contributed by atoms with Gasteiger partial charge in [0.15, 0.2) is 5.76 Å². The molecule has 0 saturated carbocycles. The van der Waals surface area contributed by atoms with Gasteiger partial charge in [-0.15, -0.1) is 0 Å². The third kappa shape index (κ3) is 5.42. The maximum atomic E-state index is 12.5. The lowest BCUT2D eigenvalue weighted by atomic mass is 10.1. The molecule has 0 atom stereocenters. The standard InChI is InChI=1S/C26H22N2O6/c1-2-32-21-11-12-23-20(13-21)14-24(34-23)25(29)28-27-15-19-5-3-4-6-22(19)33-16-17-7-9-18(10-8-17)26(30)31/h3-15H,2,16H2,1H3,(H,28,29)(H,30,31)/b27-15+. The fraction of sp³-hybridized carbons (Fsp3) is 0.115. The molecule has 4 rings (SSSR count). The van der Waals surface area contributed by atoms with Crippen molar-refractivity contribution in [2.45, 2.75) is 13.5 Å². The highest BCUT2D eigenvalue weighted by molar-refractivity contribution is 5.97. The molecule has 1 heterocycles. The number of aromatic carboxylic acids is 1. The average Bonchev–Trinajstić information content (AvgIpc) is 3.27. The van der Waals surface area contributed by atoms with Gasteiger partial charge in [0, 0.05) is 10.9 Å². The van der Waals surface area contributed by atoms with Crippen molar-refractivity contribution in [1.29, 1.82) is 0 Å². The molecule has 0 fully saturated rings. The van der Waals surface area contributed by atoms with E-state index in [1.54, 1.807) is 42.5 Å². The molecule has 1 aromatic heterocycles. The first kappa shape index (κ1) is 22.6. The van der Waals surface area contributed by atoms with Crippen LogP contribution in [0.2, 0.25) is 0 Å². The summed E-state index contributed by atoms with van der Waals surface area (Å²) >= 11 is 0. The zero-order chi connectivity index (χ0) is 23.9. The molecule has 0 saturated heterocycles. The topological polar surface area (TPSA) is 110 Å². The Hall–Kier alpha value is -4.59. The van der Waals surface area contributed by atoms with Crippen LogP contribution in [0.5, 0.6) is 11.5 Å². The van der Waals surface area contributed by atoms with Crippen LogP contribution in [-0.2, 0) is 6.61 Å². The molecule has 2 N–H and O–H groups in total. The van der Waals surface area contributed by atoms with E-state index in [1.807, 2.05) is 25.1 Å². The quantitative estimate of drug-likeness (QED) is 0.273. The summed E-state index contributed by atoms with van der Waals surface area (Å²) in [5.74, 6) is -0.0586. The minimum atomic E-state index is -0.978. The second-order valence-electron chi connectivity index (χ2n) is 7.27. The molecular formula is C26H22N2O6. The van der Waals surface area contributed by atoms with Crippen LogP contribution >= 0.6 is 0 Å². The summed E-state index contributed by atoms with van der Waals surface area (Å²) in [7, 11) is 0. The molecule has 172 valence electrons. The first-order chi connectivity index (χ1) is 16.5. The molecule has 0 unspecified atom stereocenters. The highest BCUT2D eigenvalue weighted by Crippen LogP contribution is 2.24. The van der Waals surface area contributed by atoms with E-state index in [2.05, 4.69) is 10.5 Å². The lowest BCUT2D eigenvalue weighted by Gasteiger charge is -2.09. The number of nitrogens with zero attached hydrogens (tertiary/aromatic N) is 1. The number of benzene rings is 3. The lowest BCUT2D eigenvalue weighted by molar-refractivity contribution is 0.0696. The molecule has 0 aliphatic heterocycles. The van der Waals surface area contributed by atoms with Crippen LogP contribution in [-0.4, -0.2) is 29.8 Å². The maximum absolute atomic E-state index is 12.5. The molecule has 8 heteroatoms. The van der Waals surface area contributed by atoms with E-state index in [0.29, 0.717) is 29.3 Å². The van der Waals surface area contributed by atoms with Crippen LogP contribution in [0.1, 0.15) is 39.0 Å². The molecule has 8 nitrogen and oxygen atoms in total. The smallest absolute Gasteiger partial charge is 0.335 e. The molecular weight excluding hydrogens is 436 g/mol. The Morgan fingerprint density at radius 3 is 2.59 bits per heavy atom. The van der Waals surface area contributed by atoms with E-state index in [-0.39, 0.29) is 17.9 Å². The van der Waals surface area contributed by atoms with Crippen molar-refractivity contribution in [3.8, 4) is 11.5 Å². The summed E-state index contributed by atoms with van der Waals surface area (Å²) in [6.07, 6.45) is 1.48. The molecule has 34 heavy (non-hydrogen) atoms. The Bertz CT molecular complexity index is 1340. The second-order valence-corrected chi connectivity index (χ2v) is 7.27.